The first-order valence-electron chi connectivity index (χ1n) is 6.00. The van der Waals surface area contributed by atoms with Crippen LogP contribution in [0.2, 0.25) is 0 Å². The fourth-order valence-electron chi connectivity index (χ4n) is 2.55. The average Bonchev–Trinajstić information content (AvgIpc) is 3.22. The molecular formula is C15H16O4. The number of hydrogen-bond donors (Lipinski definition) is 0. The summed E-state index contributed by atoms with van der Waals surface area (Å²) < 4.78 is 9.52. The zero-order chi connectivity index (χ0) is 14.0. The van der Waals surface area contributed by atoms with E-state index in [9.17, 15) is 9.59 Å². The van der Waals surface area contributed by atoms with E-state index in [1.807, 2.05) is 24.3 Å². The molecule has 0 heterocycles. The Morgan fingerprint density at radius 2 is 1.84 bits per heavy atom. The Morgan fingerprint density at radius 3 is 2.37 bits per heavy atom. The minimum Gasteiger partial charge on any atom is -0.468 e. The van der Waals surface area contributed by atoms with Crippen LogP contribution in [0.25, 0.3) is 6.08 Å². The van der Waals surface area contributed by atoms with E-state index in [1.54, 1.807) is 6.08 Å². The van der Waals surface area contributed by atoms with Crippen molar-refractivity contribution in [1.82, 2.24) is 0 Å². The maximum atomic E-state index is 11.9. The summed E-state index contributed by atoms with van der Waals surface area (Å²) in [5, 5.41) is 0. The molecule has 0 N–H and O–H groups in total. The minimum absolute atomic E-state index is 0.207. The van der Waals surface area contributed by atoms with Gasteiger partial charge in [-0.2, -0.15) is 0 Å². The third-order valence-corrected chi connectivity index (χ3v) is 3.65. The monoisotopic (exact) mass is 260 g/mol. The molecule has 1 aliphatic rings. The summed E-state index contributed by atoms with van der Waals surface area (Å²) in [6.45, 7) is 3.75. The van der Waals surface area contributed by atoms with Crippen LogP contribution in [0, 0.1) is 5.41 Å². The molecule has 1 aliphatic carbocycles. The molecule has 19 heavy (non-hydrogen) atoms. The number of carbonyl (C=O) groups excluding carboxylic acids is 2. The molecule has 2 rings (SSSR count). The van der Waals surface area contributed by atoms with Crippen LogP contribution in [-0.4, -0.2) is 26.2 Å². The van der Waals surface area contributed by atoms with Crippen molar-refractivity contribution < 1.29 is 19.1 Å². The number of methoxy groups -OCH3 is 2. The van der Waals surface area contributed by atoms with Gasteiger partial charge in [0.05, 0.1) is 14.2 Å². The highest BCUT2D eigenvalue weighted by atomic mass is 16.5. The Balaban J connectivity index is 2.41. The van der Waals surface area contributed by atoms with E-state index in [0.717, 1.165) is 11.1 Å². The first-order valence-corrected chi connectivity index (χ1v) is 6.00. The topological polar surface area (TPSA) is 52.6 Å². The van der Waals surface area contributed by atoms with Crippen LogP contribution in [-0.2, 0) is 19.1 Å². The van der Waals surface area contributed by atoms with Gasteiger partial charge >= 0.3 is 11.9 Å². The molecule has 0 spiro atoms. The van der Waals surface area contributed by atoms with E-state index in [4.69, 9.17) is 9.47 Å². The van der Waals surface area contributed by atoms with Gasteiger partial charge < -0.3 is 9.47 Å². The molecular weight excluding hydrogens is 244 g/mol. The highest BCUT2D eigenvalue weighted by Gasteiger charge is 2.68. The van der Waals surface area contributed by atoms with Gasteiger partial charge in [-0.15, -0.1) is 0 Å². The van der Waals surface area contributed by atoms with Crippen molar-refractivity contribution in [3.8, 4) is 0 Å². The third-order valence-electron chi connectivity index (χ3n) is 3.65. The zero-order valence-electron chi connectivity index (χ0n) is 11.0. The lowest BCUT2D eigenvalue weighted by atomic mass is 9.95. The molecule has 4 nitrogen and oxygen atoms in total. The molecule has 1 unspecified atom stereocenters. The lowest BCUT2D eigenvalue weighted by Crippen LogP contribution is -2.30. The Kier molecular flexibility index (Phi) is 3.42. The van der Waals surface area contributed by atoms with E-state index in [0.29, 0.717) is 6.42 Å². The van der Waals surface area contributed by atoms with Crippen molar-refractivity contribution in [3.05, 3.63) is 42.0 Å². The van der Waals surface area contributed by atoms with E-state index in [2.05, 4.69) is 6.58 Å². The van der Waals surface area contributed by atoms with Gasteiger partial charge in [0.15, 0.2) is 5.41 Å². The first kappa shape index (κ1) is 13.3. The van der Waals surface area contributed by atoms with Crippen LogP contribution in [0.5, 0.6) is 0 Å². The normalized spacial score (nSPS) is 19.4. The van der Waals surface area contributed by atoms with E-state index in [1.165, 1.54) is 14.2 Å². The lowest BCUT2D eigenvalue weighted by molar-refractivity contribution is -0.161. The summed E-state index contributed by atoms with van der Waals surface area (Å²) in [6.07, 6.45) is 2.13. The van der Waals surface area contributed by atoms with Gasteiger partial charge in [0.2, 0.25) is 0 Å². The van der Waals surface area contributed by atoms with Crippen molar-refractivity contribution in [2.24, 2.45) is 5.41 Å². The van der Waals surface area contributed by atoms with Gasteiger partial charge in [-0.3, -0.25) is 9.59 Å². The molecule has 0 aromatic heterocycles. The molecule has 1 saturated carbocycles. The highest BCUT2D eigenvalue weighted by Crippen LogP contribution is 2.61. The summed E-state index contributed by atoms with van der Waals surface area (Å²) in [6, 6.07) is 7.57. The Labute approximate surface area is 112 Å². The van der Waals surface area contributed by atoms with Gasteiger partial charge in [-0.05, 0) is 17.5 Å². The highest BCUT2D eigenvalue weighted by molar-refractivity contribution is 6.05. The molecule has 0 radical (unpaired) electrons. The third kappa shape index (κ3) is 1.93. The second-order valence-corrected chi connectivity index (χ2v) is 4.54. The van der Waals surface area contributed by atoms with Crippen LogP contribution in [0.1, 0.15) is 23.5 Å². The van der Waals surface area contributed by atoms with Crippen molar-refractivity contribution in [2.45, 2.75) is 12.3 Å². The van der Waals surface area contributed by atoms with Crippen molar-refractivity contribution in [3.63, 3.8) is 0 Å². The van der Waals surface area contributed by atoms with Gasteiger partial charge in [0, 0.05) is 5.92 Å². The Morgan fingerprint density at radius 1 is 1.26 bits per heavy atom. The standard InChI is InChI=1S/C15H16O4/c1-4-10-7-5-6-8-11(10)12-9-15(12,13(16)18-2)14(17)19-3/h4-8,12H,1,9H2,2-3H3. The Hall–Kier alpha value is -2.10. The molecule has 100 valence electrons. The fraction of sp³-hybridized carbons (Fsp3) is 0.333. The molecule has 1 fully saturated rings. The summed E-state index contributed by atoms with van der Waals surface area (Å²) in [4.78, 5) is 23.9. The van der Waals surface area contributed by atoms with Gasteiger partial charge in [-0.25, -0.2) is 0 Å². The SMILES string of the molecule is C=Cc1ccccc1C1CC1(C(=O)OC)C(=O)OC. The summed E-state index contributed by atoms with van der Waals surface area (Å²) in [5.41, 5.74) is 0.651. The number of esters is 2. The molecule has 4 heteroatoms. The van der Waals surface area contributed by atoms with Crippen molar-refractivity contribution in [2.75, 3.05) is 14.2 Å². The van der Waals surface area contributed by atoms with E-state index < -0.39 is 17.4 Å². The van der Waals surface area contributed by atoms with Gasteiger partial charge in [0.25, 0.3) is 0 Å². The molecule has 1 aromatic rings. The summed E-state index contributed by atoms with van der Waals surface area (Å²) in [7, 11) is 2.56. The largest absolute Gasteiger partial charge is 0.468 e. The summed E-state index contributed by atoms with van der Waals surface area (Å²) in [5.74, 6) is -1.28. The van der Waals surface area contributed by atoms with E-state index in [-0.39, 0.29) is 5.92 Å². The molecule has 0 bridgehead atoms. The Bertz CT molecular complexity index is 517. The van der Waals surface area contributed by atoms with Crippen molar-refractivity contribution in [1.29, 1.82) is 0 Å². The number of hydrogen-bond acceptors (Lipinski definition) is 4. The van der Waals surface area contributed by atoms with Gasteiger partial charge in [0.1, 0.15) is 0 Å². The maximum absolute atomic E-state index is 11.9. The lowest BCUT2D eigenvalue weighted by Gasteiger charge is -2.13. The quantitative estimate of drug-likeness (QED) is 0.615. The van der Waals surface area contributed by atoms with E-state index >= 15 is 0 Å². The second kappa shape index (κ2) is 4.88. The maximum Gasteiger partial charge on any atom is 0.323 e. The smallest absolute Gasteiger partial charge is 0.323 e. The van der Waals surface area contributed by atoms with Gasteiger partial charge in [-0.1, -0.05) is 36.9 Å². The molecule has 0 amide bonds. The minimum atomic E-state index is -1.19. The van der Waals surface area contributed by atoms with Crippen LogP contribution in [0.4, 0.5) is 0 Å². The number of benzene rings is 1. The fourth-order valence-corrected chi connectivity index (χ4v) is 2.55. The molecule has 1 atom stereocenters. The number of rotatable bonds is 4. The zero-order valence-corrected chi connectivity index (χ0v) is 11.0. The predicted molar refractivity (Wildman–Crippen MR) is 70.4 cm³/mol. The second-order valence-electron chi connectivity index (χ2n) is 4.54. The van der Waals surface area contributed by atoms with Crippen LogP contribution < -0.4 is 0 Å². The van der Waals surface area contributed by atoms with Crippen LogP contribution in [0.3, 0.4) is 0 Å². The molecule has 0 saturated heterocycles. The number of ether oxygens (including phenoxy) is 2. The average molecular weight is 260 g/mol. The first-order chi connectivity index (χ1) is 9.11. The summed E-state index contributed by atoms with van der Waals surface area (Å²) >= 11 is 0. The molecule has 0 aliphatic heterocycles. The van der Waals surface area contributed by atoms with Crippen LogP contribution >= 0.6 is 0 Å². The predicted octanol–water partition coefficient (Wildman–Crippen LogP) is 2.15. The molecule has 1 aromatic carbocycles. The number of carbonyl (C=O) groups is 2. The van der Waals surface area contributed by atoms with Crippen LogP contribution in [0.15, 0.2) is 30.8 Å². The van der Waals surface area contributed by atoms with Crippen molar-refractivity contribution >= 4 is 18.0 Å².